The molecule has 1 saturated heterocycles. The van der Waals surface area contributed by atoms with Gasteiger partial charge in [-0.1, -0.05) is 19.3 Å². The Morgan fingerprint density at radius 1 is 1.25 bits per heavy atom. The molecule has 3 nitrogen and oxygen atoms in total. The largest absolute Gasteiger partial charge is 0.340 e. The predicted octanol–water partition coefficient (Wildman–Crippen LogP) is 1.81. The molecular formula is C12H23ClN2O. The summed E-state index contributed by atoms with van der Waals surface area (Å²) in [5, 5.41) is 3.38. The van der Waals surface area contributed by atoms with E-state index in [4.69, 9.17) is 0 Å². The van der Waals surface area contributed by atoms with Crippen LogP contribution in [0.25, 0.3) is 0 Å². The highest BCUT2D eigenvalue weighted by Crippen LogP contribution is 2.25. The van der Waals surface area contributed by atoms with Crippen LogP contribution in [0.1, 0.15) is 39.0 Å². The summed E-state index contributed by atoms with van der Waals surface area (Å²) in [5.41, 5.74) is 0. The Kier molecular flexibility index (Phi) is 5.56. The molecule has 0 aromatic heterocycles. The standard InChI is InChI=1S/C12H22N2O.ClH/c1-10-9-14(8-7-13-10)12(15)11-5-3-2-4-6-11;/h10-11,13H,2-9H2,1H3;1H/t10-;/m0./s1. The summed E-state index contributed by atoms with van der Waals surface area (Å²) in [6.45, 7) is 4.91. The number of halogens is 1. The lowest BCUT2D eigenvalue weighted by Gasteiger charge is -2.35. The summed E-state index contributed by atoms with van der Waals surface area (Å²) < 4.78 is 0. The van der Waals surface area contributed by atoms with Gasteiger partial charge in [-0.2, -0.15) is 0 Å². The van der Waals surface area contributed by atoms with Crippen LogP contribution in [0.5, 0.6) is 0 Å². The zero-order valence-electron chi connectivity index (χ0n) is 10.1. The summed E-state index contributed by atoms with van der Waals surface area (Å²) >= 11 is 0. The number of nitrogens with zero attached hydrogens (tertiary/aromatic N) is 1. The van der Waals surface area contributed by atoms with E-state index in [9.17, 15) is 4.79 Å². The third-order valence-corrected chi connectivity index (χ3v) is 3.63. The van der Waals surface area contributed by atoms with Crippen molar-refractivity contribution in [2.75, 3.05) is 19.6 Å². The Labute approximate surface area is 104 Å². The summed E-state index contributed by atoms with van der Waals surface area (Å²) in [4.78, 5) is 14.3. The average Bonchev–Trinajstić information content (AvgIpc) is 2.29. The van der Waals surface area contributed by atoms with Crippen molar-refractivity contribution in [3.05, 3.63) is 0 Å². The molecule has 2 aliphatic rings. The fourth-order valence-corrected chi connectivity index (χ4v) is 2.74. The molecule has 1 amide bonds. The second kappa shape index (κ2) is 6.45. The molecule has 1 atom stereocenters. The molecule has 1 saturated carbocycles. The van der Waals surface area contributed by atoms with Crippen LogP contribution < -0.4 is 5.32 Å². The fourth-order valence-electron chi connectivity index (χ4n) is 2.74. The number of carbonyl (C=O) groups is 1. The van der Waals surface area contributed by atoms with Gasteiger partial charge >= 0.3 is 0 Å². The van der Waals surface area contributed by atoms with Crippen LogP contribution in [-0.2, 0) is 4.79 Å². The van der Waals surface area contributed by atoms with Crippen molar-refractivity contribution in [2.45, 2.75) is 45.1 Å². The van der Waals surface area contributed by atoms with Crippen molar-refractivity contribution in [2.24, 2.45) is 5.92 Å². The van der Waals surface area contributed by atoms with Crippen LogP contribution in [0.2, 0.25) is 0 Å². The highest BCUT2D eigenvalue weighted by molar-refractivity contribution is 5.85. The maximum Gasteiger partial charge on any atom is 0.225 e. The molecule has 0 unspecified atom stereocenters. The zero-order valence-corrected chi connectivity index (χ0v) is 10.9. The molecule has 2 fully saturated rings. The van der Waals surface area contributed by atoms with E-state index in [1.807, 2.05) is 0 Å². The van der Waals surface area contributed by atoms with Crippen LogP contribution in [0.3, 0.4) is 0 Å². The summed E-state index contributed by atoms with van der Waals surface area (Å²) in [6.07, 6.45) is 6.06. The van der Waals surface area contributed by atoms with E-state index >= 15 is 0 Å². The number of amides is 1. The summed E-state index contributed by atoms with van der Waals surface area (Å²) in [6, 6.07) is 0.464. The minimum absolute atomic E-state index is 0. The minimum atomic E-state index is 0. The van der Waals surface area contributed by atoms with Crippen molar-refractivity contribution in [1.29, 1.82) is 0 Å². The first kappa shape index (κ1) is 13.8. The average molecular weight is 247 g/mol. The van der Waals surface area contributed by atoms with Gasteiger partial charge in [0.15, 0.2) is 0 Å². The molecule has 0 spiro atoms. The first-order valence-corrected chi connectivity index (χ1v) is 6.29. The molecule has 1 heterocycles. The third-order valence-electron chi connectivity index (χ3n) is 3.63. The van der Waals surface area contributed by atoms with E-state index in [0.29, 0.717) is 17.9 Å². The summed E-state index contributed by atoms with van der Waals surface area (Å²) in [5.74, 6) is 0.757. The monoisotopic (exact) mass is 246 g/mol. The minimum Gasteiger partial charge on any atom is -0.340 e. The number of hydrogen-bond acceptors (Lipinski definition) is 2. The molecular weight excluding hydrogens is 224 g/mol. The topological polar surface area (TPSA) is 32.3 Å². The van der Waals surface area contributed by atoms with E-state index in [-0.39, 0.29) is 12.4 Å². The van der Waals surface area contributed by atoms with Crippen molar-refractivity contribution < 1.29 is 4.79 Å². The molecule has 1 N–H and O–H groups in total. The fraction of sp³-hybridized carbons (Fsp3) is 0.917. The smallest absolute Gasteiger partial charge is 0.225 e. The number of rotatable bonds is 1. The van der Waals surface area contributed by atoms with Crippen LogP contribution in [0.4, 0.5) is 0 Å². The van der Waals surface area contributed by atoms with E-state index < -0.39 is 0 Å². The number of piperazine rings is 1. The number of nitrogens with one attached hydrogen (secondary N) is 1. The quantitative estimate of drug-likeness (QED) is 0.766. The molecule has 0 aromatic rings. The van der Waals surface area contributed by atoms with E-state index in [1.165, 1.54) is 19.3 Å². The summed E-state index contributed by atoms with van der Waals surface area (Å²) in [7, 11) is 0. The van der Waals surface area contributed by atoms with Crippen LogP contribution >= 0.6 is 12.4 Å². The maximum atomic E-state index is 12.2. The maximum absolute atomic E-state index is 12.2. The molecule has 0 radical (unpaired) electrons. The van der Waals surface area contributed by atoms with Gasteiger partial charge in [0.25, 0.3) is 0 Å². The SMILES string of the molecule is C[C@H]1CN(C(=O)C2CCCCC2)CCN1.Cl. The zero-order chi connectivity index (χ0) is 10.7. The van der Waals surface area contributed by atoms with Gasteiger partial charge < -0.3 is 10.2 Å². The Bertz CT molecular complexity index is 229. The van der Waals surface area contributed by atoms with Gasteiger partial charge in [-0.05, 0) is 19.8 Å². The lowest BCUT2D eigenvalue weighted by Crippen LogP contribution is -2.52. The van der Waals surface area contributed by atoms with Crippen molar-refractivity contribution in [3.63, 3.8) is 0 Å². The van der Waals surface area contributed by atoms with Gasteiger partial charge in [-0.25, -0.2) is 0 Å². The molecule has 1 aliphatic heterocycles. The lowest BCUT2D eigenvalue weighted by atomic mass is 9.88. The number of carbonyl (C=O) groups excluding carboxylic acids is 1. The normalized spacial score (nSPS) is 27.3. The Hall–Kier alpha value is -0.280. The molecule has 0 bridgehead atoms. The molecule has 2 rings (SSSR count). The Balaban J connectivity index is 0.00000128. The predicted molar refractivity (Wildman–Crippen MR) is 67.9 cm³/mol. The van der Waals surface area contributed by atoms with Crippen LogP contribution in [0, 0.1) is 5.92 Å². The van der Waals surface area contributed by atoms with E-state index in [1.54, 1.807) is 0 Å². The van der Waals surface area contributed by atoms with Gasteiger partial charge in [0.05, 0.1) is 0 Å². The van der Waals surface area contributed by atoms with E-state index in [2.05, 4.69) is 17.1 Å². The second-order valence-electron chi connectivity index (χ2n) is 4.97. The van der Waals surface area contributed by atoms with Gasteiger partial charge in [0.2, 0.25) is 5.91 Å². The Morgan fingerprint density at radius 2 is 1.94 bits per heavy atom. The van der Waals surface area contributed by atoms with Crippen molar-refractivity contribution in [1.82, 2.24) is 10.2 Å². The molecule has 16 heavy (non-hydrogen) atoms. The highest BCUT2D eigenvalue weighted by Gasteiger charge is 2.28. The van der Waals surface area contributed by atoms with Gasteiger partial charge in [0.1, 0.15) is 0 Å². The first-order valence-electron chi connectivity index (χ1n) is 6.29. The van der Waals surface area contributed by atoms with Gasteiger partial charge in [0, 0.05) is 31.6 Å². The first-order chi connectivity index (χ1) is 7.27. The molecule has 1 aliphatic carbocycles. The molecule has 94 valence electrons. The third kappa shape index (κ3) is 3.36. The molecule has 4 heteroatoms. The lowest BCUT2D eigenvalue weighted by molar-refractivity contribution is -0.137. The van der Waals surface area contributed by atoms with Crippen LogP contribution in [0.15, 0.2) is 0 Å². The second-order valence-corrected chi connectivity index (χ2v) is 4.97. The van der Waals surface area contributed by atoms with Crippen molar-refractivity contribution >= 4 is 18.3 Å². The molecule has 0 aromatic carbocycles. The van der Waals surface area contributed by atoms with Crippen LogP contribution in [-0.4, -0.2) is 36.5 Å². The van der Waals surface area contributed by atoms with E-state index in [0.717, 1.165) is 32.5 Å². The van der Waals surface area contributed by atoms with Crippen molar-refractivity contribution in [3.8, 4) is 0 Å². The number of hydrogen-bond donors (Lipinski definition) is 1. The van der Waals surface area contributed by atoms with Gasteiger partial charge in [-0.3, -0.25) is 4.79 Å². The highest BCUT2D eigenvalue weighted by atomic mass is 35.5. The Morgan fingerprint density at radius 3 is 2.56 bits per heavy atom. The van der Waals surface area contributed by atoms with Gasteiger partial charge in [-0.15, -0.1) is 12.4 Å².